The molecule has 0 saturated carbocycles. The number of hydrogen-bond donors (Lipinski definition) is 0. The summed E-state index contributed by atoms with van der Waals surface area (Å²) < 4.78 is 11.1. The quantitative estimate of drug-likeness (QED) is 0.777. The van der Waals surface area contributed by atoms with Crippen LogP contribution in [0, 0.1) is 0 Å². The fourth-order valence-corrected chi connectivity index (χ4v) is 2.57. The molecule has 102 valence electrons. The minimum atomic E-state index is -0.226. The van der Waals surface area contributed by atoms with Crippen LogP contribution in [0.25, 0.3) is 0 Å². The Bertz CT molecular complexity index is 571. The van der Waals surface area contributed by atoms with Crippen LogP contribution >= 0.6 is 0 Å². The van der Waals surface area contributed by atoms with Crippen LogP contribution in [0.15, 0.2) is 67.3 Å². The van der Waals surface area contributed by atoms with E-state index in [1.807, 2.05) is 18.2 Å². The zero-order valence-corrected chi connectivity index (χ0v) is 11.4. The summed E-state index contributed by atoms with van der Waals surface area (Å²) in [6.45, 7) is 5.31. The van der Waals surface area contributed by atoms with E-state index in [1.165, 1.54) is 11.1 Å². The van der Waals surface area contributed by atoms with Gasteiger partial charge in [-0.1, -0.05) is 54.6 Å². The summed E-state index contributed by atoms with van der Waals surface area (Å²) in [7, 11) is 0. The summed E-state index contributed by atoms with van der Waals surface area (Å²) in [6, 6.07) is 18.8. The highest BCUT2D eigenvalue weighted by Crippen LogP contribution is 2.30. The summed E-state index contributed by atoms with van der Waals surface area (Å²) in [6.07, 6.45) is 1.75. The first-order chi connectivity index (χ1) is 9.88. The topological polar surface area (TPSA) is 18.5 Å². The minimum absolute atomic E-state index is 0.192. The molecule has 0 spiro atoms. The van der Waals surface area contributed by atoms with E-state index in [-0.39, 0.29) is 12.2 Å². The Balaban J connectivity index is 1.92. The monoisotopic (exact) mass is 266 g/mol. The van der Waals surface area contributed by atoms with Crippen molar-refractivity contribution in [2.24, 2.45) is 0 Å². The molecule has 1 aliphatic heterocycles. The summed E-state index contributed by atoms with van der Waals surface area (Å²) >= 11 is 0. The van der Waals surface area contributed by atoms with Crippen molar-refractivity contribution in [3.05, 3.63) is 83.9 Å². The Hall–Kier alpha value is -1.90. The van der Waals surface area contributed by atoms with Crippen LogP contribution in [0.4, 0.5) is 0 Å². The SMILES string of the molecule is C=CC(c1ccccc1)c1cccc(C2OCCO2)c1. The Morgan fingerprint density at radius 3 is 2.35 bits per heavy atom. The second-order valence-corrected chi connectivity index (χ2v) is 4.87. The average molecular weight is 266 g/mol. The lowest BCUT2D eigenvalue weighted by atomic mass is 9.90. The highest BCUT2D eigenvalue weighted by molar-refractivity contribution is 5.38. The first kappa shape index (κ1) is 13.1. The lowest BCUT2D eigenvalue weighted by Crippen LogP contribution is -2.02. The van der Waals surface area contributed by atoms with Gasteiger partial charge in [-0.15, -0.1) is 6.58 Å². The predicted octanol–water partition coefficient (Wildman–Crippen LogP) is 4.05. The molecule has 1 aliphatic rings. The van der Waals surface area contributed by atoms with Gasteiger partial charge in [-0.25, -0.2) is 0 Å². The third-order valence-electron chi connectivity index (χ3n) is 3.56. The van der Waals surface area contributed by atoms with Gasteiger partial charge in [-0.05, 0) is 17.2 Å². The van der Waals surface area contributed by atoms with Gasteiger partial charge in [0.15, 0.2) is 6.29 Å². The second kappa shape index (κ2) is 6.04. The van der Waals surface area contributed by atoms with Crippen molar-refractivity contribution < 1.29 is 9.47 Å². The first-order valence-electron chi connectivity index (χ1n) is 6.89. The van der Waals surface area contributed by atoms with E-state index in [9.17, 15) is 0 Å². The Kier molecular flexibility index (Phi) is 3.95. The van der Waals surface area contributed by atoms with Gasteiger partial charge < -0.3 is 9.47 Å². The maximum Gasteiger partial charge on any atom is 0.184 e. The molecule has 0 bridgehead atoms. The number of hydrogen-bond acceptors (Lipinski definition) is 2. The molecule has 1 unspecified atom stereocenters. The van der Waals surface area contributed by atoms with Gasteiger partial charge in [0.1, 0.15) is 0 Å². The molecule has 0 radical (unpaired) electrons. The molecule has 0 aromatic heterocycles. The average Bonchev–Trinajstić information content (AvgIpc) is 3.04. The maximum absolute atomic E-state index is 5.57. The molecule has 0 aliphatic carbocycles. The van der Waals surface area contributed by atoms with Crippen LogP contribution in [0.2, 0.25) is 0 Å². The number of allylic oxidation sites excluding steroid dienone is 1. The number of ether oxygens (including phenoxy) is 2. The highest BCUT2D eigenvalue weighted by Gasteiger charge is 2.19. The van der Waals surface area contributed by atoms with Crippen LogP contribution in [0.1, 0.15) is 28.9 Å². The summed E-state index contributed by atoms with van der Waals surface area (Å²) in [4.78, 5) is 0. The summed E-state index contributed by atoms with van der Waals surface area (Å²) in [5.41, 5.74) is 3.53. The van der Waals surface area contributed by atoms with Crippen LogP contribution in [-0.2, 0) is 9.47 Å². The zero-order chi connectivity index (χ0) is 13.8. The van der Waals surface area contributed by atoms with Gasteiger partial charge in [0.25, 0.3) is 0 Å². The fourth-order valence-electron chi connectivity index (χ4n) is 2.57. The Morgan fingerprint density at radius 1 is 0.950 bits per heavy atom. The molecule has 0 N–H and O–H groups in total. The first-order valence-corrected chi connectivity index (χ1v) is 6.89. The molecular weight excluding hydrogens is 248 g/mol. The van der Waals surface area contributed by atoms with E-state index < -0.39 is 0 Å². The van der Waals surface area contributed by atoms with E-state index >= 15 is 0 Å². The van der Waals surface area contributed by atoms with Gasteiger partial charge in [0.2, 0.25) is 0 Å². The van der Waals surface area contributed by atoms with Gasteiger partial charge in [-0.2, -0.15) is 0 Å². The summed E-state index contributed by atoms with van der Waals surface area (Å²) in [5, 5.41) is 0. The molecule has 2 aromatic rings. The number of rotatable bonds is 4. The molecule has 2 heteroatoms. The van der Waals surface area contributed by atoms with Crippen molar-refractivity contribution in [2.75, 3.05) is 13.2 Å². The van der Waals surface area contributed by atoms with Crippen LogP contribution in [0.5, 0.6) is 0 Å². The molecular formula is C18H18O2. The normalized spacial score (nSPS) is 17.0. The lowest BCUT2D eigenvalue weighted by Gasteiger charge is -2.16. The van der Waals surface area contributed by atoms with Crippen molar-refractivity contribution in [3.8, 4) is 0 Å². The van der Waals surface area contributed by atoms with Crippen LogP contribution < -0.4 is 0 Å². The molecule has 2 aromatic carbocycles. The Morgan fingerprint density at radius 2 is 1.65 bits per heavy atom. The van der Waals surface area contributed by atoms with Crippen LogP contribution in [-0.4, -0.2) is 13.2 Å². The molecule has 0 amide bonds. The van der Waals surface area contributed by atoms with Crippen molar-refractivity contribution in [1.29, 1.82) is 0 Å². The maximum atomic E-state index is 5.57. The van der Waals surface area contributed by atoms with E-state index in [1.54, 1.807) is 0 Å². The molecule has 1 saturated heterocycles. The predicted molar refractivity (Wildman–Crippen MR) is 79.6 cm³/mol. The highest BCUT2D eigenvalue weighted by atomic mass is 16.7. The largest absolute Gasteiger partial charge is 0.346 e. The van der Waals surface area contributed by atoms with Crippen molar-refractivity contribution >= 4 is 0 Å². The molecule has 3 rings (SSSR count). The van der Waals surface area contributed by atoms with Gasteiger partial charge >= 0.3 is 0 Å². The van der Waals surface area contributed by atoms with Gasteiger partial charge in [0.05, 0.1) is 13.2 Å². The van der Waals surface area contributed by atoms with E-state index in [0.29, 0.717) is 13.2 Å². The third kappa shape index (κ3) is 2.67. The minimum Gasteiger partial charge on any atom is -0.346 e. The van der Waals surface area contributed by atoms with Crippen molar-refractivity contribution in [1.82, 2.24) is 0 Å². The zero-order valence-electron chi connectivity index (χ0n) is 11.4. The lowest BCUT2D eigenvalue weighted by molar-refractivity contribution is -0.0441. The molecule has 20 heavy (non-hydrogen) atoms. The number of benzene rings is 2. The molecule has 1 heterocycles. The van der Waals surface area contributed by atoms with E-state index in [2.05, 4.69) is 49.0 Å². The molecule has 1 fully saturated rings. The van der Waals surface area contributed by atoms with Crippen LogP contribution in [0.3, 0.4) is 0 Å². The Labute approximate surface area is 119 Å². The fraction of sp³-hybridized carbons (Fsp3) is 0.222. The van der Waals surface area contributed by atoms with Gasteiger partial charge in [-0.3, -0.25) is 0 Å². The van der Waals surface area contributed by atoms with Gasteiger partial charge in [0, 0.05) is 11.5 Å². The second-order valence-electron chi connectivity index (χ2n) is 4.87. The van der Waals surface area contributed by atoms with E-state index in [0.717, 1.165) is 5.56 Å². The molecule has 2 nitrogen and oxygen atoms in total. The third-order valence-corrected chi connectivity index (χ3v) is 3.56. The van der Waals surface area contributed by atoms with Crippen molar-refractivity contribution in [3.63, 3.8) is 0 Å². The summed E-state index contributed by atoms with van der Waals surface area (Å²) in [5.74, 6) is 0.192. The smallest absolute Gasteiger partial charge is 0.184 e. The van der Waals surface area contributed by atoms with Crippen molar-refractivity contribution in [2.45, 2.75) is 12.2 Å². The standard InChI is InChI=1S/C18H18O2/c1-2-17(14-7-4-3-5-8-14)15-9-6-10-16(13-15)18-19-11-12-20-18/h2-10,13,17-18H,1,11-12H2. The van der Waals surface area contributed by atoms with E-state index in [4.69, 9.17) is 9.47 Å². The molecule has 1 atom stereocenters.